The molecule has 0 fully saturated rings. The van der Waals surface area contributed by atoms with Crippen molar-refractivity contribution in [2.45, 2.75) is 38.5 Å². The molecule has 2 atom stereocenters. The lowest BCUT2D eigenvalue weighted by Crippen LogP contribution is -2.37. The SMILES string of the molecule is CC(NC(=O)CCCn1ccnn1)C(O)c1ccc(F)cc1. The molecular formula is C15H19FN4O2. The lowest BCUT2D eigenvalue weighted by molar-refractivity contribution is -0.122. The molecule has 0 aliphatic heterocycles. The summed E-state index contributed by atoms with van der Waals surface area (Å²) >= 11 is 0. The van der Waals surface area contributed by atoms with Crippen molar-refractivity contribution in [2.75, 3.05) is 0 Å². The summed E-state index contributed by atoms with van der Waals surface area (Å²) in [6.07, 6.45) is 3.41. The smallest absolute Gasteiger partial charge is 0.220 e. The Kier molecular flexibility index (Phi) is 5.60. The molecule has 1 aromatic heterocycles. The van der Waals surface area contributed by atoms with Gasteiger partial charge >= 0.3 is 0 Å². The molecule has 7 heteroatoms. The van der Waals surface area contributed by atoms with Crippen LogP contribution in [0.3, 0.4) is 0 Å². The summed E-state index contributed by atoms with van der Waals surface area (Å²) in [6.45, 7) is 2.33. The topological polar surface area (TPSA) is 80.0 Å². The lowest BCUT2D eigenvalue weighted by atomic mass is 10.0. The van der Waals surface area contributed by atoms with Crippen LogP contribution in [0.4, 0.5) is 4.39 Å². The second kappa shape index (κ2) is 7.65. The number of carbonyl (C=O) groups is 1. The number of hydrogen-bond donors (Lipinski definition) is 2. The van der Waals surface area contributed by atoms with Crippen LogP contribution in [0.5, 0.6) is 0 Å². The minimum atomic E-state index is -0.875. The molecule has 0 aliphatic rings. The molecule has 2 rings (SSSR count). The number of nitrogens with one attached hydrogen (secondary N) is 1. The zero-order valence-electron chi connectivity index (χ0n) is 12.3. The van der Waals surface area contributed by atoms with Crippen LogP contribution in [0.15, 0.2) is 36.7 Å². The normalized spacial score (nSPS) is 13.6. The van der Waals surface area contributed by atoms with Crippen LogP contribution in [-0.2, 0) is 11.3 Å². The van der Waals surface area contributed by atoms with Gasteiger partial charge in [0.25, 0.3) is 0 Å². The van der Waals surface area contributed by atoms with Crippen LogP contribution in [-0.4, -0.2) is 32.0 Å². The fraction of sp³-hybridized carbons (Fsp3) is 0.400. The number of aromatic nitrogens is 3. The predicted molar refractivity (Wildman–Crippen MR) is 78.2 cm³/mol. The van der Waals surface area contributed by atoms with Gasteiger partial charge in [-0.3, -0.25) is 9.48 Å². The number of aryl methyl sites for hydroxylation is 1. The van der Waals surface area contributed by atoms with E-state index < -0.39 is 12.1 Å². The highest BCUT2D eigenvalue weighted by molar-refractivity contribution is 5.76. The highest BCUT2D eigenvalue weighted by Crippen LogP contribution is 2.17. The summed E-state index contributed by atoms with van der Waals surface area (Å²) in [6, 6.07) is 5.13. The average molecular weight is 306 g/mol. The standard InChI is InChI=1S/C15H19FN4O2/c1-11(15(22)12-4-6-13(16)7-5-12)18-14(21)3-2-9-20-10-8-17-19-20/h4-8,10-11,15,22H,2-3,9H2,1H3,(H,18,21). The van der Waals surface area contributed by atoms with Crippen LogP contribution in [0.1, 0.15) is 31.4 Å². The summed E-state index contributed by atoms with van der Waals surface area (Å²) in [5.41, 5.74) is 0.566. The van der Waals surface area contributed by atoms with Gasteiger partial charge in [-0.05, 0) is 31.0 Å². The van der Waals surface area contributed by atoms with Gasteiger partial charge in [-0.15, -0.1) is 5.10 Å². The van der Waals surface area contributed by atoms with E-state index in [1.807, 2.05) is 0 Å². The summed E-state index contributed by atoms with van der Waals surface area (Å²) in [7, 11) is 0. The number of carbonyl (C=O) groups excluding carboxylic acids is 1. The second-order valence-electron chi connectivity index (χ2n) is 5.12. The molecule has 118 valence electrons. The summed E-state index contributed by atoms with van der Waals surface area (Å²) in [5, 5.41) is 20.4. The van der Waals surface area contributed by atoms with E-state index >= 15 is 0 Å². The molecule has 2 N–H and O–H groups in total. The molecule has 2 unspecified atom stereocenters. The number of nitrogens with zero attached hydrogens (tertiary/aromatic N) is 3. The third kappa shape index (κ3) is 4.63. The number of aliphatic hydroxyl groups is 1. The van der Waals surface area contributed by atoms with E-state index in [9.17, 15) is 14.3 Å². The maximum absolute atomic E-state index is 12.9. The zero-order valence-corrected chi connectivity index (χ0v) is 12.3. The number of amides is 1. The number of hydrogen-bond acceptors (Lipinski definition) is 4. The second-order valence-corrected chi connectivity index (χ2v) is 5.12. The first-order valence-corrected chi connectivity index (χ1v) is 7.13. The van der Waals surface area contributed by atoms with Gasteiger partial charge < -0.3 is 10.4 Å². The Morgan fingerprint density at radius 2 is 2.14 bits per heavy atom. The first kappa shape index (κ1) is 16.1. The van der Waals surface area contributed by atoms with Gasteiger partial charge in [-0.25, -0.2) is 4.39 Å². The lowest BCUT2D eigenvalue weighted by Gasteiger charge is -2.20. The Morgan fingerprint density at radius 3 is 2.77 bits per heavy atom. The van der Waals surface area contributed by atoms with Crippen LogP contribution >= 0.6 is 0 Å². The van der Waals surface area contributed by atoms with Gasteiger partial charge in [-0.2, -0.15) is 0 Å². The predicted octanol–water partition coefficient (Wildman–Crippen LogP) is 1.44. The van der Waals surface area contributed by atoms with Crippen molar-refractivity contribution in [3.8, 4) is 0 Å². The molecule has 0 bridgehead atoms. The monoisotopic (exact) mass is 306 g/mol. The number of benzene rings is 1. The van der Waals surface area contributed by atoms with Gasteiger partial charge in [0.2, 0.25) is 5.91 Å². The number of rotatable bonds is 7. The van der Waals surface area contributed by atoms with E-state index in [1.165, 1.54) is 24.3 Å². The molecule has 6 nitrogen and oxygen atoms in total. The summed E-state index contributed by atoms with van der Waals surface area (Å²) in [5.74, 6) is -0.505. The van der Waals surface area contributed by atoms with Crippen molar-refractivity contribution in [3.63, 3.8) is 0 Å². The summed E-state index contributed by atoms with van der Waals surface area (Å²) < 4.78 is 14.5. The van der Waals surface area contributed by atoms with Crippen molar-refractivity contribution in [1.82, 2.24) is 20.3 Å². The van der Waals surface area contributed by atoms with Crippen LogP contribution in [0, 0.1) is 5.82 Å². The van der Waals surface area contributed by atoms with E-state index in [1.54, 1.807) is 24.0 Å². The van der Waals surface area contributed by atoms with E-state index in [0.29, 0.717) is 24.9 Å². The van der Waals surface area contributed by atoms with Gasteiger partial charge in [0.15, 0.2) is 0 Å². The van der Waals surface area contributed by atoms with Crippen molar-refractivity contribution in [1.29, 1.82) is 0 Å². The Hall–Kier alpha value is -2.28. The quantitative estimate of drug-likeness (QED) is 0.811. The first-order valence-electron chi connectivity index (χ1n) is 7.13. The van der Waals surface area contributed by atoms with Gasteiger partial charge in [-0.1, -0.05) is 17.3 Å². The molecule has 22 heavy (non-hydrogen) atoms. The highest BCUT2D eigenvalue weighted by atomic mass is 19.1. The molecule has 1 amide bonds. The molecule has 0 radical (unpaired) electrons. The van der Waals surface area contributed by atoms with E-state index in [0.717, 1.165) is 0 Å². The average Bonchev–Trinajstić information content (AvgIpc) is 3.00. The fourth-order valence-electron chi connectivity index (χ4n) is 2.11. The summed E-state index contributed by atoms with van der Waals surface area (Å²) in [4.78, 5) is 11.8. The zero-order chi connectivity index (χ0) is 15.9. The minimum Gasteiger partial charge on any atom is -0.386 e. The van der Waals surface area contributed by atoms with Crippen molar-refractivity contribution >= 4 is 5.91 Å². The van der Waals surface area contributed by atoms with Crippen LogP contribution in [0.2, 0.25) is 0 Å². The van der Waals surface area contributed by atoms with E-state index in [4.69, 9.17) is 0 Å². The molecule has 1 aromatic carbocycles. The third-order valence-electron chi connectivity index (χ3n) is 3.34. The molecule has 1 heterocycles. The first-order chi connectivity index (χ1) is 10.6. The Morgan fingerprint density at radius 1 is 1.41 bits per heavy atom. The molecule has 0 saturated heterocycles. The van der Waals surface area contributed by atoms with Gasteiger partial charge in [0.05, 0.1) is 18.3 Å². The number of aliphatic hydroxyl groups excluding tert-OH is 1. The highest BCUT2D eigenvalue weighted by Gasteiger charge is 2.18. The fourth-order valence-corrected chi connectivity index (χ4v) is 2.11. The van der Waals surface area contributed by atoms with Gasteiger partial charge in [0.1, 0.15) is 5.82 Å². The maximum Gasteiger partial charge on any atom is 0.220 e. The molecular weight excluding hydrogens is 287 g/mol. The van der Waals surface area contributed by atoms with E-state index in [2.05, 4.69) is 15.6 Å². The molecule has 0 spiro atoms. The Balaban J connectivity index is 1.76. The van der Waals surface area contributed by atoms with Crippen molar-refractivity contribution < 1.29 is 14.3 Å². The Labute approximate surface area is 128 Å². The molecule has 2 aromatic rings. The number of halogens is 1. The van der Waals surface area contributed by atoms with Crippen molar-refractivity contribution in [3.05, 3.63) is 48.0 Å². The largest absolute Gasteiger partial charge is 0.386 e. The van der Waals surface area contributed by atoms with Crippen LogP contribution in [0.25, 0.3) is 0 Å². The minimum absolute atomic E-state index is 0.145. The molecule has 0 aliphatic carbocycles. The van der Waals surface area contributed by atoms with Crippen LogP contribution < -0.4 is 5.32 Å². The third-order valence-corrected chi connectivity index (χ3v) is 3.34. The Bertz CT molecular complexity index is 586. The maximum atomic E-state index is 12.9. The van der Waals surface area contributed by atoms with Crippen molar-refractivity contribution in [2.24, 2.45) is 0 Å². The molecule has 0 saturated carbocycles. The van der Waals surface area contributed by atoms with E-state index in [-0.39, 0.29) is 11.7 Å². The van der Waals surface area contributed by atoms with Gasteiger partial charge in [0, 0.05) is 19.2 Å².